The van der Waals surface area contributed by atoms with Gasteiger partial charge in [0.1, 0.15) is 12.2 Å². The van der Waals surface area contributed by atoms with Crippen molar-refractivity contribution < 1.29 is 18.0 Å². The van der Waals surface area contributed by atoms with E-state index in [2.05, 4.69) is 46.7 Å². The average molecular weight is 569 g/mol. The molecule has 1 N–H and O–H groups in total. The molecule has 15 heteroatoms. The average Bonchev–Trinajstić information content (AvgIpc) is 3.44. The van der Waals surface area contributed by atoms with Crippen LogP contribution < -0.4 is 5.32 Å². The van der Waals surface area contributed by atoms with Crippen molar-refractivity contribution in [2.24, 2.45) is 4.99 Å². The number of benzene rings is 1. The second-order valence-electron chi connectivity index (χ2n) is 7.36. The van der Waals surface area contributed by atoms with Gasteiger partial charge in [0.05, 0.1) is 28.4 Å². The molecule has 0 saturated heterocycles. The smallest absolute Gasteiger partial charge is 0.319 e. The lowest BCUT2D eigenvalue weighted by molar-refractivity contribution is -0.145. The van der Waals surface area contributed by atoms with Crippen molar-refractivity contribution in [1.29, 1.82) is 5.26 Å². The molecule has 0 radical (unpaired) electrons. The minimum atomic E-state index is -4.75. The number of hydrogen-bond donors (Lipinski definition) is 1. The normalized spacial score (nSPS) is 17.4. The summed E-state index contributed by atoms with van der Waals surface area (Å²) in [5, 5.41) is 25.3. The number of alkyl halides is 4. The number of aliphatic imine (C=N–C) groups is 1. The van der Waals surface area contributed by atoms with Crippen molar-refractivity contribution >= 4 is 45.3 Å². The number of halogens is 5. The van der Waals surface area contributed by atoms with Crippen LogP contribution >= 0.6 is 27.5 Å². The van der Waals surface area contributed by atoms with Crippen LogP contribution in [0.4, 0.5) is 18.9 Å². The second-order valence-corrected chi connectivity index (χ2v) is 8.72. The largest absolute Gasteiger partial charge is 0.455 e. The number of amides is 1. The summed E-state index contributed by atoms with van der Waals surface area (Å²) in [4.78, 5) is 18.3. The fraction of sp³-hybridized carbons (Fsp3) is 0.250. The highest BCUT2D eigenvalue weighted by Gasteiger charge is 2.37. The molecule has 180 valence electrons. The first-order chi connectivity index (χ1) is 16.6. The van der Waals surface area contributed by atoms with Crippen molar-refractivity contribution in [2.45, 2.75) is 31.2 Å². The molecular formula is C20H14BrClF3N9O. The monoisotopic (exact) mass is 567 g/mol. The van der Waals surface area contributed by atoms with Gasteiger partial charge in [-0.3, -0.25) is 9.79 Å². The van der Waals surface area contributed by atoms with E-state index in [9.17, 15) is 18.0 Å². The number of dihydropyridines is 1. The molecular weight excluding hydrogens is 555 g/mol. The predicted octanol–water partition coefficient (Wildman–Crippen LogP) is 3.88. The maximum atomic E-state index is 13.3. The van der Waals surface area contributed by atoms with Gasteiger partial charge in [-0.15, -0.1) is 21.8 Å². The zero-order chi connectivity index (χ0) is 25.3. The fourth-order valence-electron chi connectivity index (χ4n) is 3.28. The summed E-state index contributed by atoms with van der Waals surface area (Å²) in [6.07, 6.45) is -0.714. The molecule has 2 aromatic heterocycles. The zero-order valence-electron chi connectivity index (χ0n) is 17.7. The highest BCUT2D eigenvalue weighted by atomic mass is 79.9. The first-order valence-corrected chi connectivity index (χ1v) is 11.1. The Hall–Kier alpha value is -3.57. The topological polar surface area (TPSA) is 127 Å². The number of carbonyl (C=O) groups excluding carboxylic acids is 1. The van der Waals surface area contributed by atoms with E-state index in [1.807, 2.05) is 6.07 Å². The maximum absolute atomic E-state index is 13.3. The molecule has 1 aliphatic heterocycles. The van der Waals surface area contributed by atoms with Gasteiger partial charge in [0.2, 0.25) is 0 Å². The molecule has 10 nitrogen and oxygen atoms in total. The Morgan fingerprint density at radius 3 is 2.71 bits per heavy atom. The standard InChI is InChI=1S/C20H14BrClF3N9O/c1-10-5-11(8-26)6-13(21)16(10)28-18(35)15-7-12(9-33-31-19(29-32-33)20(23,24)25)30-34(15)17-14(22)3-2-4-27-17/h2-7,14,17H,9H2,1H3,(H,28,35). The molecule has 0 spiro atoms. The molecule has 0 saturated carbocycles. The number of carbonyl (C=O) groups is 1. The molecule has 1 aliphatic rings. The summed E-state index contributed by atoms with van der Waals surface area (Å²) in [7, 11) is 0. The molecule has 1 amide bonds. The van der Waals surface area contributed by atoms with Gasteiger partial charge in [-0.2, -0.15) is 28.3 Å². The number of rotatable bonds is 5. The van der Waals surface area contributed by atoms with Gasteiger partial charge in [-0.1, -0.05) is 6.08 Å². The molecule has 2 atom stereocenters. The van der Waals surface area contributed by atoms with Gasteiger partial charge in [0.15, 0.2) is 6.17 Å². The zero-order valence-corrected chi connectivity index (χ0v) is 20.0. The lowest BCUT2D eigenvalue weighted by Gasteiger charge is -2.20. The predicted molar refractivity (Wildman–Crippen MR) is 122 cm³/mol. The molecule has 2 unspecified atom stereocenters. The first kappa shape index (κ1) is 24.6. The number of nitrogens with zero attached hydrogens (tertiary/aromatic N) is 8. The number of hydrogen-bond acceptors (Lipinski definition) is 7. The number of nitrogens with one attached hydrogen (secondary N) is 1. The minimum Gasteiger partial charge on any atom is -0.319 e. The Labute approximate surface area is 209 Å². The molecule has 35 heavy (non-hydrogen) atoms. The molecule has 3 aromatic rings. The van der Waals surface area contributed by atoms with Gasteiger partial charge >= 0.3 is 6.18 Å². The Morgan fingerprint density at radius 2 is 2.09 bits per heavy atom. The van der Waals surface area contributed by atoms with E-state index >= 15 is 0 Å². The van der Waals surface area contributed by atoms with Crippen LogP contribution in [0.5, 0.6) is 0 Å². The van der Waals surface area contributed by atoms with Crippen LogP contribution in [0, 0.1) is 18.3 Å². The van der Waals surface area contributed by atoms with Gasteiger partial charge in [-0.05, 0) is 57.9 Å². The van der Waals surface area contributed by atoms with Crippen molar-refractivity contribution in [3.63, 3.8) is 0 Å². The number of aromatic nitrogens is 6. The number of nitriles is 1. The Kier molecular flexibility index (Phi) is 6.73. The third-order valence-electron chi connectivity index (χ3n) is 4.84. The Morgan fingerprint density at radius 1 is 1.31 bits per heavy atom. The second kappa shape index (κ2) is 9.59. The Balaban J connectivity index is 1.68. The van der Waals surface area contributed by atoms with Crippen molar-refractivity contribution in [2.75, 3.05) is 5.32 Å². The third-order valence-corrected chi connectivity index (χ3v) is 5.84. The van der Waals surface area contributed by atoms with Crippen LogP contribution in [0.15, 0.2) is 39.8 Å². The van der Waals surface area contributed by atoms with E-state index < -0.39 is 29.5 Å². The van der Waals surface area contributed by atoms with Gasteiger partial charge < -0.3 is 5.32 Å². The van der Waals surface area contributed by atoms with Crippen LogP contribution in [-0.4, -0.2) is 47.5 Å². The maximum Gasteiger partial charge on any atom is 0.455 e. The summed E-state index contributed by atoms with van der Waals surface area (Å²) in [6, 6.07) is 6.59. The van der Waals surface area contributed by atoms with Crippen LogP contribution in [0.1, 0.15) is 39.3 Å². The van der Waals surface area contributed by atoms with E-state index in [1.54, 1.807) is 31.2 Å². The SMILES string of the molecule is Cc1cc(C#N)cc(Br)c1NC(=O)c1cc(Cn2nnc(C(F)(F)F)n2)nn1C1N=CC=CC1Cl. The van der Waals surface area contributed by atoms with Crippen LogP contribution in [0.3, 0.4) is 0 Å². The van der Waals surface area contributed by atoms with Gasteiger partial charge in [-0.25, -0.2) is 4.68 Å². The van der Waals surface area contributed by atoms with Gasteiger partial charge in [0, 0.05) is 10.7 Å². The lowest BCUT2D eigenvalue weighted by Crippen LogP contribution is -2.26. The van der Waals surface area contributed by atoms with Crippen LogP contribution in [-0.2, 0) is 12.7 Å². The molecule has 3 heterocycles. The summed E-state index contributed by atoms with van der Waals surface area (Å²) in [5.41, 5.74) is 1.72. The highest BCUT2D eigenvalue weighted by molar-refractivity contribution is 9.10. The van der Waals surface area contributed by atoms with Gasteiger partial charge in [0.25, 0.3) is 11.7 Å². The quantitative estimate of drug-likeness (QED) is 0.466. The van der Waals surface area contributed by atoms with Crippen LogP contribution in [0.25, 0.3) is 0 Å². The van der Waals surface area contributed by atoms with E-state index in [0.717, 1.165) is 4.80 Å². The molecule has 1 aromatic carbocycles. The summed E-state index contributed by atoms with van der Waals surface area (Å²) >= 11 is 9.72. The minimum absolute atomic E-state index is 0.0509. The van der Waals surface area contributed by atoms with E-state index in [1.165, 1.54) is 17.0 Å². The lowest BCUT2D eigenvalue weighted by atomic mass is 10.1. The highest BCUT2D eigenvalue weighted by Crippen LogP contribution is 2.30. The Bertz CT molecular complexity index is 1370. The van der Waals surface area contributed by atoms with E-state index in [-0.39, 0.29) is 17.9 Å². The first-order valence-electron chi connectivity index (χ1n) is 9.86. The van der Waals surface area contributed by atoms with Crippen molar-refractivity contribution in [1.82, 2.24) is 30.0 Å². The van der Waals surface area contributed by atoms with Crippen LogP contribution in [0.2, 0.25) is 0 Å². The van der Waals surface area contributed by atoms with E-state index in [4.69, 9.17) is 16.9 Å². The summed E-state index contributed by atoms with van der Waals surface area (Å²) in [5.74, 6) is -1.97. The number of allylic oxidation sites excluding steroid dienone is 1. The number of aryl methyl sites for hydroxylation is 1. The molecule has 0 aliphatic carbocycles. The summed E-state index contributed by atoms with van der Waals surface area (Å²) in [6.45, 7) is 1.44. The molecule has 0 bridgehead atoms. The number of anilines is 1. The summed E-state index contributed by atoms with van der Waals surface area (Å²) < 4.78 is 40.2. The van der Waals surface area contributed by atoms with E-state index in [0.29, 0.717) is 21.3 Å². The third kappa shape index (κ3) is 5.25. The molecule has 4 rings (SSSR count). The number of tetrazole rings is 1. The fourth-order valence-corrected chi connectivity index (χ4v) is 4.19. The molecule has 0 fully saturated rings. The van der Waals surface area contributed by atoms with Crippen molar-refractivity contribution in [3.05, 3.63) is 63.2 Å². The van der Waals surface area contributed by atoms with Crippen molar-refractivity contribution in [3.8, 4) is 6.07 Å².